The average Bonchev–Trinajstić information content (AvgIpc) is 2.29. The van der Waals surface area contributed by atoms with Crippen LogP contribution in [0.3, 0.4) is 0 Å². The van der Waals surface area contributed by atoms with Crippen molar-refractivity contribution in [2.75, 3.05) is 20.7 Å². The second kappa shape index (κ2) is 4.98. The Hall–Kier alpha value is -0.860. The quantitative estimate of drug-likeness (QED) is 0.842. The summed E-state index contributed by atoms with van der Waals surface area (Å²) in [4.78, 5) is 2.07. The first-order valence-electron chi connectivity index (χ1n) is 6.11. The molecule has 88 valence electrons. The highest BCUT2D eigenvalue weighted by molar-refractivity contribution is 5.35. The monoisotopic (exact) mass is 219 g/mol. The second-order valence-corrected chi connectivity index (χ2v) is 4.90. The Labute approximate surface area is 97.9 Å². The summed E-state index contributed by atoms with van der Waals surface area (Å²) in [5.41, 5.74) is 4.24. The topological polar surface area (TPSA) is 23.5 Å². The molecule has 16 heavy (non-hydrogen) atoms. The van der Waals surface area contributed by atoms with Crippen molar-refractivity contribution in [2.24, 2.45) is 0 Å². The Morgan fingerprint density at radius 2 is 1.88 bits per heavy atom. The van der Waals surface area contributed by atoms with Crippen LogP contribution >= 0.6 is 0 Å². The molecule has 0 aliphatic heterocycles. The number of hydrogen-bond acceptors (Lipinski definition) is 2. The molecule has 2 nitrogen and oxygen atoms in total. The van der Waals surface area contributed by atoms with Gasteiger partial charge >= 0.3 is 0 Å². The molecule has 1 N–H and O–H groups in total. The molecular formula is C14H21NO. The Morgan fingerprint density at radius 3 is 2.50 bits per heavy atom. The predicted octanol–water partition coefficient (Wildman–Crippen LogP) is 2.16. The van der Waals surface area contributed by atoms with Crippen LogP contribution in [0.1, 0.15) is 35.6 Å². The van der Waals surface area contributed by atoms with Crippen LogP contribution in [0.15, 0.2) is 18.2 Å². The van der Waals surface area contributed by atoms with E-state index in [-0.39, 0.29) is 12.6 Å². The van der Waals surface area contributed by atoms with Crippen LogP contribution < -0.4 is 0 Å². The van der Waals surface area contributed by atoms with E-state index in [1.54, 1.807) is 0 Å². The van der Waals surface area contributed by atoms with Crippen LogP contribution in [-0.4, -0.2) is 30.7 Å². The maximum Gasteiger partial charge on any atom is 0.0628 e. The van der Waals surface area contributed by atoms with Gasteiger partial charge in [-0.05, 0) is 56.5 Å². The lowest BCUT2D eigenvalue weighted by Crippen LogP contribution is -2.23. The first kappa shape index (κ1) is 11.6. The number of benzene rings is 1. The van der Waals surface area contributed by atoms with Crippen LogP contribution in [0.5, 0.6) is 0 Å². The number of rotatable bonds is 3. The normalized spacial score (nSPS) is 17.2. The Balaban J connectivity index is 2.28. The number of aliphatic hydroxyl groups is 1. The zero-order chi connectivity index (χ0) is 11.5. The van der Waals surface area contributed by atoms with Gasteiger partial charge in [-0.3, -0.25) is 0 Å². The molecule has 1 aliphatic carbocycles. The van der Waals surface area contributed by atoms with Gasteiger partial charge < -0.3 is 10.0 Å². The first-order chi connectivity index (χ1) is 7.72. The smallest absolute Gasteiger partial charge is 0.0628 e. The highest BCUT2D eigenvalue weighted by Crippen LogP contribution is 2.26. The molecule has 0 radical (unpaired) electrons. The van der Waals surface area contributed by atoms with Crippen molar-refractivity contribution in [2.45, 2.75) is 31.7 Å². The number of nitrogens with zero attached hydrogens (tertiary/aromatic N) is 1. The summed E-state index contributed by atoms with van der Waals surface area (Å²) in [5, 5.41) is 9.41. The third kappa shape index (κ3) is 2.28. The number of hydrogen-bond donors (Lipinski definition) is 1. The molecule has 0 aromatic heterocycles. The summed E-state index contributed by atoms with van der Waals surface area (Å²) in [6.45, 7) is 0.186. The molecule has 2 heteroatoms. The van der Waals surface area contributed by atoms with E-state index in [1.165, 1.54) is 42.4 Å². The molecule has 1 aromatic rings. The minimum Gasteiger partial charge on any atom is -0.394 e. The molecule has 1 atom stereocenters. The van der Waals surface area contributed by atoms with E-state index in [1.807, 2.05) is 14.1 Å². The van der Waals surface area contributed by atoms with Crippen LogP contribution in [0.4, 0.5) is 0 Å². The maximum atomic E-state index is 9.41. The van der Waals surface area contributed by atoms with Gasteiger partial charge in [-0.15, -0.1) is 0 Å². The van der Waals surface area contributed by atoms with E-state index in [2.05, 4.69) is 23.1 Å². The standard InChI is InChI=1S/C14H21NO/c1-15(2)14(10-16)13-8-7-11-5-3-4-6-12(11)9-13/h7-9,14,16H,3-6,10H2,1-2H3. The Morgan fingerprint density at radius 1 is 1.19 bits per heavy atom. The van der Waals surface area contributed by atoms with Crippen molar-refractivity contribution in [3.63, 3.8) is 0 Å². The van der Waals surface area contributed by atoms with Gasteiger partial charge in [0.25, 0.3) is 0 Å². The fraction of sp³-hybridized carbons (Fsp3) is 0.571. The summed E-state index contributed by atoms with van der Waals surface area (Å²) in [7, 11) is 4.03. The van der Waals surface area contributed by atoms with E-state index in [0.29, 0.717) is 0 Å². The molecular weight excluding hydrogens is 198 g/mol. The van der Waals surface area contributed by atoms with E-state index >= 15 is 0 Å². The SMILES string of the molecule is CN(C)C(CO)c1ccc2c(c1)CCCC2. The lowest BCUT2D eigenvalue weighted by atomic mass is 9.89. The van der Waals surface area contributed by atoms with E-state index in [9.17, 15) is 5.11 Å². The minimum atomic E-state index is 0.132. The molecule has 0 fully saturated rings. The summed E-state index contributed by atoms with van der Waals surface area (Å²) in [6, 6.07) is 6.84. The van der Waals surface area contributed by atoms with Crippen LogP contribution in [0, 0.1) is 0 Å². The summed E-state index contributed by atoms with van der Waals surface area (Å²) < 4.78 is 0. The van der Waals surface area contributed by atoms with Crippen LogP contribution in [0.25, 0.3) is 0 Å². The molecule has 0 spiro atoms. The van der Waals surface area contributed by atoms with Crippen molar-refractivity contribution in [3.05, 3.63) is 34.9 Å². The molecule has 1 unspecified atom stereocenters. The van der Waals surface area contributed by atoms with Gasteiger partial charge in [-0.25, -0.2) is 0 Å². The predicted molar refractivity (Wildman–Crippen MR) is 66.6 cm³/mol. The van der Waals surface area contributed by atoms with Gasteiger partial charge in [-0.1, -0.05) is 18.2 Å². The Kier molecular flexibility index (Phi) is 3.62. The highest BCUT2D eigenvalue weighted by Gasteiger charge is 2.16. The third-order valence-electron chi connectivity index (χ3n) is 3.55. The first-order valence-corrected chi connectivity index (χ1v) is 6.11. The van der Waals surface area contributed by atoms with Gasteiger partial charge in [0.2, 0.25) is 0 Å². The Bertz CT molecular complexity index is 360. The van der Waals surface area contributed by atoms with Crippen LogP contribution in [-0.2, 0) is 12.8 Å². The zero-order valence-corrected chi connectivity index (χ0v) is 10.2. The molecule has 1 aromatic carbocycles. The summed E-state index contributed by atoms with van der Waals surface area (Å²) >= 11 is 0. The van der Waals surface area contributed by atoms with Gasteiger partial charge in [-0.2, -0.15) is 0 Å². The largest absolute Gasteiger partial charge is 0.394 e. The molecule has 0 saturated heterocycles. The minimum absolute atomic E-state index is 0.132. The lowest BCUT2D eigenvalue weighted by Gasteiger charge is -2.25. The zero-order valence-electron chi connectivity index (χ0n) is 10.2. The molecule has 0 heterocycles. The molecule has 1 aliphatic rings. The van der Waals surface area contributed by atoms with Gasteiger partial charge in [0.05, 0.1) is 12.6 Å². The molecule has 2 rings (SSSR count). The van der Waals surface area contributed by atoms with Crippen molar-refractivity contribution in [1.82, 2.24) is 4.90 Å². The summed E-state index contributed by atoms with van der Waals surface area (Å²) in [6.07, 6.45) is 5.06. The van der Waals surface area contributed by atoms with E-state index in [0.717, 1.165) is 0 Å². The highest BCUT2D eigenvalue weighted by atomic mass is 16.3. The number of aliphatic hydroxyl groups excluding tert-OH is 1. The number of fused-ring (bicyclic) bond motifs is 1. The number of aryl methyl sites for hydroxylation is 2. The molecule has 0 bridgehead atoms. The molecule has 0 saturated carbocycles. The van der Waals surface area contributed by atoms with Crippen molar-refractivity contribution in [3.8, 4) is 0 Å². The fourth-order valence-electron chi connectivity index (χ4n) is 2.53. The van der Waals surface area contributed by atoms with Crippen molar-refractivity contribution >= 4 is 0 Å². The lowest BCUT2D eigenvalue weighted by molar-refractivity contribution is 0.171. The van der Waals surface area contributed by atoms with Crippen molar-refractivity contribution < 1.29 is 5.11 Å². The van der Waals surface area contributed by atoms with Gasteiger partial charge in [0, 0.05) is 0 Å². The second-order valence-electron chi connectivity index (χ2n) is 4.90. The third-order valence-corrected chi connectivity index (χ3v) is 3.55. The van der Waals surface area contributed by atoms with E-state index < -0.39 is 0 Å². The van der Waals surface area contributed by atoms with Gasteiger partial charge in [0.1, 0.15) is 0 Å². The fourth-order valence-corrected chi connectivity index (χ4v) is 2.53. The van der Waals surface area contributed by atoms with E-state index in [4.69, 9.17) is 0 Å². The number of likely N-dealkylation sites (N-methyl/N-ethyl adjacent to an activating group) is 1. The summed E-state index contributed by atoms with van der Waals surface area (Å²) in [5.74, 6) is 0. The van der Waals surface area contributed by atoms with Crippen molar-refractivity contribution in [1.29, 1.82) is 0 Å². The average molecular weight is 219 g/mol. The maximum absolute atomic E-state index is 9.41. The van der Waals surface area contributed by atoms with Crippen LogP contribution in [0.2, 0.25) is 0 Å². The van der Waals surface area contributed by atoms with Gasteiger partial charge in [0.15, 0.2) is 0 Å². The molecule has 0 amide bonds.